The van der Waals surface area contributed by atoms with E-state index in [0.29, 0.717) is 0 Å². The summed E-state index contributed by atoms with van der Waals surface area (Å²) in [4.78, 5) is 3.26. The summed E-state index contributed by atoms with van der Waals surface area (Å²) in [6, 6.07) is 1.43. The highest BCUT2D eigenvalue weighted by Gasteiger charge is 1.96. The van der Waals surface area contributed by atoms with E-state index in [9.17, 15) is 0 Å². The summed E-state index contributed by atoms with van der Waals surface area (Å²) in [7, 11) is 2.31. The highest BCUT2D eigenvalue weighted by molar-refractivity contribution is 7.00. The third-order valence-electron chi connectivity index (χ3n) is 0.552. The standard InChI is InChI=1S/C2H5NSi2/c1-2-4-5-3-1/h3H,1-2H2. The van der Waals surface area contributed by atoms with Crippen molar-refractivity contribution in [1.82, 2.24) is 4.98 Å². The fourth-order valence-electron chi connectivity index (χ4n) is 0.312. The summed E-state index contributed by atoms with van der Waals surface area (Å²) >= 11 is 0. The van der Waals surface area contributed by atoms with E-state index in [0.717, 1.165) is 9.20 Å². The zero-order chi connectivity index (χ0) is 3.54. The quantitative estimate of drug-likeness (QED) is 0.394. The van der Waals surface area contributed by atoms with Crippen LogP contribution in [0.15, 0.2) is 0 Å². The maximum atomic E-state index is 3.26. The molecule has 1 fully saturated rings. The predicted molar refractivity (Wildman–Crippen MR) is 24.3 cm³/mol. The van der Waals surface area contributed by atoms with Crippen LogP contribution in [0.3, 0.4) is 0 Å². The first-order valence-corrected chi connectivity index (χ1v) is 4.91. The van der Waals surface area contributed by atoms with Crippen LogP contribution in [-0.2, 0) is 0 Å². The topological polar surface area (TPSA) is 12.0 Å². The minimum Gasteiger partial charge on any atom is -0.342 e. The second kappa shape index (κ2) is 1.74. The zero-order valence-corrected chi connectivity index (χ0v) is 4.91. The summed E-state index contributed by atoms with van der Waals surface area (Å²) in [6.07, 6.45) is 0. The smallest absolute Gasteiger partial charge is 0.117 e. The number of hydrogen-bond donors (Lipinski definition) is 1. The molecule has 0 aromatic heterocycles. The van der Waals surface area contributed by atoms with Crippen molar-refractivity contribution in [3.05, 3.63) is 0 Å². The van der Waals surface area contributed by atoms with E-state index in [4.69, 9.17) is 0 Å². The van der Waals surface area contributed by atoms with Crippen LogP contribution in [0.25, 0.3) is 0 Å². The fourth-order valence-corrected chi connectivity index (χ4v) is 2.81. The first-order valence-electron chi connectivity index (χ1n) is 1.71. The number of nitrogens with one attached hydrogen (secondary N) is 1. The van der Waals surface area contributed by atoms with Gasteiger partial charge in [0.15, 0.2) is 0 Å². The van der Waals surface area contributed by atoms with E-state index in [1.807, 2.05) is 0 Å². The highest BCUT2D eigenvalue weighted by Crippen LogP contribution is 1.77. The summed E-state index contributed by atoms with van der Waals surface area (Å²) in [5, 5.41) is 0. The Kier molecular flexibility index (Phi) is 1.25. The van der Waals surface area contributed by atoms with E-state index in [-0.39, 0.29) is 0 Å². The Morgan fingerprint density at radius 2 is 2.60 bits per heavy atom. The summed E-state index contributed by atoms with van der Waals surface area (Å²) in [5.74, 6) is 0. The molecule has 1 aliphatic heterocycles. The maximum absolute atomic E-state index is 3.26. The minimum absolute atomic E-state index is 1.09. The average Bonchev–Trinajstić information content (AvgIpc) is 1.76. The Morgan fingerprint density at radius 1 is 1.60 bits per heavy atom. The first-order chi connectivity index (χ1) is 2.50. The van der Waals surface area contributed by atoms with Gasteiger partial charge in [0.1, 0.15) is 9.20 Å². The Bertz CT molecular complexity index is 19.2. The molecule has 1 aliphatic rings. The van der Waals surface area contributed by atoms with Crippen LogP contribution in [0.4, 0.5) is 0 Å². The zero-order valence-electron chi connectivity index (χ0n) is 2.91. The van der Waals surface area contributed by atoms with E-state index in [2.05, 4.69) is 4.98 Å². The van der Waals surface area contributed by atoms with Gasteiger partial charge in [0.05, 0.1) is 0 Å². The van der Waals surface area contributed by atoms with E-state index in [1.54, 1.807) is 0 Å². The molecular formula is C2H5NSi2. The van der Waals surface area contributed by atoms with E-state index >= 15 is 0 Å². The molecular weight excluding hydrogens is 94.2 g/mol. The first kappa shape index (κ1) is 3.58. The largest absolute Gasteiger partial charge is 0.342 e. The Balaban J connectivity index is 2.08. The van der Waals surface area contributed by atoms with E-state index in [1.165, 1.54) is 21.6 Å². The van der Waals surface area contributed by atoms with Crippen LogP contribution >= 0.6 is 0 Å². The van der Waals surface area contributed by atoms with Gasteiger partial charge in [-0.3, -0.25) is 0 Å². The predicted octanol–water partition coefficient (Wildman–Crippen LogP) is -0.754. The van der Waals surface area contributed by atoms with Crippen LogP contribution < -0.4 is 4.98 Å². The van der Waals surface area contributed by atoms with Crippen molar-refractivity contribution < 1.29 is 0 Å². The SMILES string of the molecule is C1C[Si][Si]N1. The van der Waals surface area contributed by atoms with Crippen LogP contribution in [0.2, 0.25) is 6.04 Å². The molecule has 0 aromatic carbocycles. The molecule has 1 rings (SSSR count). The fraction of sp³-hybridized carbons (Fsp3) is 1.00. The van der Waals surface area contributed by atoms with E-state index < -0.39 is 0 Å². The molecule has 4 radical (unpaired) electrons. The van der Waals surface area contributed by atoms with Gasteiger partial charge < -0.3 is 4.98 Å². The van der Waals surface area contributed by atoms with Gasteiger partial charge in [-0.25, -0.2) is 0 Å². The summed E-state index contributed by atoms with van der Waals surface area (Å²) in [5.41, 5.74) is 0. The Morgan fingerprint density at radius 3 is 2.80 bits per heavy atom. The van der Waals surface area contributed by atoms with Gasteiger partial charge in [0, 0.05) is 9.04 Å². The number of hydrogen-bond acceptors (Lipinski definition) is 1. The van der Waals surface area contributed by atoms with Gasteiger partial charge in [-0.15, -0.1) is 0 Å². The molecule has 1 saturated heterocycles. The molecule has 26 valence electrons. The molecule has 0 spiro atoms. The van der Waals surface area contributed by atoms with Crippen molar-refractivity contribution in [3.63, 3.8) is 0 Å². The Labute approximate surface area is 36.7 Å². The van der Waals surface area contributed by atoms with Gasteiger partial charge in [0.2, 0.25) is 0 Å². The van der Waals surface area contributed by atoms with Crippen molar-refractivity contribution in [2.75, 3.05) is 6.54 Å². The summed E-state index contributed by atoms with van der Waals surface area (Å²) in [6.45, 7) is 1.27. The number of rotatable bonds is 0. The third kappa shape index (κ3) is 0.865. The molecule has 0 atom stereocenters. The lowest BCUT2D eigenvalue weighted by atomic mass is 10.8. The normalized spacial score (nSPS) is 24.0. The lowest BCUT2D eigenvalue weighted by Gasteiger charge is -1.75. The average molecular weight is 99.2 g/mol. The molecule has 1 heterocycles. The molecule has 0 aliphatic carbocycles. The van der Waals surface area contributed by atoms with Gasteiger partial charge in [0.25, 0.3) is 0 Å². The lowest BCUT2D eigenvalue weighted by molar-refractivity contribution is 1.04. The summed E-state index contributed by atoms with van der Waals surface area (Å²) < 4.78 is 0. The lowest BCUT2D eigenvalue weighted by Crippen LogP contribution is -2.11. The molecule has 1 N–H and O–H groups in total. The molecule has 0 saturated carbocycles. The van der Waals surface area contributed by atoms with Crippen molar-refractivity contribution in [3.8, 4) is 0 Å². The van der Waals surface area contributed by atoms with Crippen molar-refractivity contribution in [2.24, 2.45) is 0 Å². The molecule has 3 heteroatoms. The Hall–Kier alpha value is 0.394. The molecule has 1 nitrogen and oxygen atoms in total. The third-order valence-corrected chi connectivity index (χ3v) is 3.47. The second-order valence-corrected chi connectivity index (χ2v) is 4.25. The van der Waals surface area contributed by atoms with Crippen molar-refractivity contribution >= 4 is 18.2 Å². The van der Waals surface area contributed by atoms with Gasteiger partial charge in [-0.1, -0.05) is 6.04 Å². The van der Waals surface area contributed by atoms with Crippen molar-refractivity contribution in [2.45, 2.75) is 6.04 Å². The molecule has 0 unspecified atom stereocenters. The molecule has 0 amide bonds. The van der Waals surface area contributed by atoms with Crippen LogP contribution in [0, 0.1) is 0 Å². The van der Waals surface area contributed by atoms with Crippen LogP contribution in [-0.4, -0.2) is 24.8 Å². The van der Waals surface area contributed by atoms with Gasteiger partial charge in [-0.05, 0) is 6.54 Å². The van der Waals surface area contributed by atoms with Crippen LogP contribution in [0.5, 0.6) is 0 Å². The van der Waals surface area contributed by atoms with Gasteiger partial charge in [-0.2, -0.15) is 0 Å². The van der Waals surface area contributed by atoms with Gasteiger partial charge >= 0.3 is 0 Å². The monoisotopic (exact) mass is 99.0 g/mol. The highest BCUT2D eigenvalue weighted by atomic mass is 29.1. The molecule has 5 heavy (non-hydrogen) atoms. The molecule has 0 aromatic rings. The molecule has 0 bridgehead atoms. The second-order valence-electron chi connectivity index (χ2n) is 0.979. The minimum atomic E-state index is 1.09. The maximum Gasteiger partial charge on any atom is 0.117 e. The van der Waals surface area contributed by atoms with Crippen LogP contribution in [0.1, 0.15) is 0 Å². The van der Waals surface area contributed by atoms with Crippen molar-refractivity contribution in [1.29, 1.82) is 0 Å².